The molecule has 135 valence electrons. The molecule has 1 aromatic carbocycles. The number of hydrogen-bond donors (Lipinski definition) is 1. The zero-order chi connectivity index (χ0) is 18.3. The van der Waals surface area contributed by atoms with Gasteiger partial charge in [0.15, 0.2) is 0 Å². The molecule has 1 fully saturated rings. The lowest BCUT2D eigenvalue weighted by Crippen LogP contribution is -2.21. The molecule has 1 radical (unpaired) electrons. The number of aliphatic hydroxyl groups excluding tert-OH is 1. The molecule has 1 aliphatic carbocycles. The van der Waals surface area contributed by atoms with Gasteiger partial charge in [0.05, 0.1) is 11.8 Å². The standard InChI is InChI=1S/C22H26N3O/c1-15-11-17(12-20(15)26)25-10-9-18-19(23-14-24-21(18)25)13-22(2,3)16-7-5-4-6-8-16/h4-10,14-15,17,20,26H,1,11-13H2,2-3H3/t15-,17+,20-/m0/s1. The van der Waals surface area contributed by atoms with E-state index in [1.54, 1.807) is 6.33 Å². The lowest BCUT2D eigenvalue weighted by molar-refractivity contribution is 0.149. The summed E-state index contributed by atoms with van der Waals surface area (Å²) in [5.41, 5.74) is 3.34. The Kier molecular flexibility index (Phi) is 4.31. The summed E-state index contributed by atoms with van der Waals surface area (Å²) in [4.78, 5) is 9.15. The molecule has 3 atom stereocenters. The van der Waals surface area contributed by atoms with E-state index in [0.29, 0.717) is 0 Å². The second kappa shape index (κ2) is 6.51. The van der Waals surface area contributed by atoms with Crippen molar-refractivity contribution in [1.29, 1.82) is 0 Å². The molecule has 0 unspecified atom stereocenters. The summed E-state index contributed by atoms with van der Waals surface area (Å²) in [5.74, 6) is 0.0933. The van der Waals surface area contributed by atoms with Crippen LogP contribution in [0.25, 0.3) is 11.0 Å². The summed E-state index contributed by atoms with van der Waals surface area (Å²) >= 11 is 0. The molecule has 0 aliphatic heterocycles. The lowest BCUT2D eigenvalue weighted by Gasteiger charge is -2.25. The van der Waals surface area contributed by atoms with E-state index in [1.807, 2.05) is 0 Å². The predicted octanol–water partition coefficient (Wildman–Crippen LogP) is 4.10. The van der Waals surface area contributed by atoms with E-state index in [1.165, 1.54) is 5.56 Å². The first-order chi connectivity index (χ1) is 12.5. The van der Waals surface area contributed by atoms with Gasteiger partial charge in [0, 0.05) is 17.6 Å². The Bertz CT molecular complexity index is 890. The summed E-state index contributed by atoms with van der Waals surface area (Å²) in [6.07, 6.45) is 5.92. The highest BCUT2D eigenvalue weighted by atomic mass is 16.3. The van der Waals surface area contributed by atoms with Crippen molar-refractivity contribution in [2.45, 2.75) is 50.7 Å². The van der Waals surface area contributed by atoms with Gasteiger partial charge in [0.25, 0.3) is 0 Å². The zero-order valence-corrected chi connectivity index (χ0v) is 15.5. The number of nitrogens with zero attached hydrogens (tertiary/aromatic N) is 3. The van der Waals surface area contributed by atoms with E-state index in [-0.39, 0.29) is 23.5 Å². The van der Waals surface area contributed by atoms with Gasteiger partial charge in [0.1, 0.15) is 12.0 Å². The molecule has 4 heteroatoms. The molecular formula is C22H26N3O. The molecule has 0 bridgehead atoms. The highest BCUT2D eigenvalue weighted by molar-refractivity contribution is 5.79. The van der Waals surface area contributed by atoms with Crippen LogP contribution in [0.2, 0.25) is 0 Å². The monoisotopic (exact) mass is 348 g/mol. The molecule has 1 saturated carbocycles. The summed E-state index contributed by atoms with van der Waals surface area (Å²) in [6, 6.07) is 13.0. The van der Waals surface area contributed by atoms with Crippen LogP contribution in [0, 0.1) is 12.8 Å². The van der Waals surface area contributed by atoms with E-state index < -0.39 is 0 Å². The number of rotatable bonds is 4. The fourth-order valence-corrected chi connectivity index (χ4v) is 4.17. The van der Waals surface area contributed by atoms with Gasteiger partial charge in [-0.25, -0.2) is 9.97 Å². The maximum atomic E-state index is 10.1. The molecule has 4 nitrogen and oxygen atoms in total. The number of hydrogen-bond acceptors (Lipinski definition) is 3. The van der Waals surface area contributed by atoms with Crippen molar-refractivity contribution in [3.8, 4) is 0 Å². The SMILES string of the molecule is [CH2][C@H]1C[C@@H](n2ccc3c(CC(C)(C)c4ccccc4)ncnc32)C[C@@H]1O. The lowest BCUT2D eigenvalue weighted by atomic mass is 9.80. The zero-order valence-electron chi connectivity index (χ0n) is 15.5. The van der Waals surface area contributed by atoms with Gasteiger partial charge in [-0.05, 0) is 49.1 Å². The maximum Gasteiger partial charge on any atom is 0.143 e. The largest absolute Gasteiger partial charge is 0.393 e. The van der Waals surface area contributed by atoms with Gasteiger partial charge in [-0.2, -0.15) is 0 Å². The van der Waals surface area contributed by atoms with Crippen LogP contribution < -0.4 is 0 Å². The Hall–Kier alpha value is -2.20. The smallest absolute Gasteiger partial charge is 0.143 e. The van der Waals surface area contributed by atoms with Crippen LogP contribution in [0.1, 0.15) is 44.0 Å². The minimum atomic E-state index is -0.323. The Morgan fingerprint density at radius 1 is 1.15 bits per heavy atom. The van der Waals surface area contributed by atoms with Crippen LogP contribution in [-0.2, 0) is 11.8 Å². The minimum Gasteiger partial charge on any atom is -0.393 e. The van der Waals surface area contributed by atoms with Crippen LogP contribution in [0.15, 0.2) is 48.9 Å². The van der Waals surface area contributed by atoms with Crippen LogP contribution in [0.5, 0.6) is 0 Å². The van der Waals surface area contributed by atoms with E-state index >= 15 is 0 Å². The van der Waals surface area contributed by atoms with Gasteiger partial charge in [-0.1, -0.05) is 44.2 Å². The molecule has 26 heavy (non-hydrogen) atoms. The Morgan fingerprint density at radius 2 is 1.92 bits per heavy atom. The predicted molar refractivity (Wildman–Crippen MR) is 104 cm³/mol. The summed E-state index contributed by atoms with van der Waals surface area (Å²) < 4.78 is 2.20. The fourth-order valence-electron chi connectivity index (χ4n) is 4.17. The van der Waals surface area contributed by atoms with Crippen LogP contribution in [0.3, 0.4) is 0 Å². The highest BCUT2D eigenvalue weighted by Crippen LogP contribution is 2.37. The van der Waals surface area contributed by atoms with E-state index in [4.69, 9.17) is 0 Å². The average molecular weight is 348 g/mol. The molecule has 1 N–H and O–H groups in total. The van der Waals surface area contributed by atoms with Crippen molar-refractivity contribution in [2.75, 3.05) is 0 Å². The quantitative estimate of drug-likeness (QED) is 0.772. The molecule has 0 amide bonds. The number of aliphatic hydroxyl groups is 1. The molecule has 2 aromatic heterocycles. The number of fused-ring (bicyclic) bond motifs is 1. The first-order valence-electron chi connectivity index (χ1n) is 9.33. The van der Waals surface area contributed by atoms with Gasteiger partial charge in [-0.3, -0.25) is 0 Å². The normalized spacial score (nSPS) is 23.6. The van der Waals surface area contributed by atoms with Crippen LogP contribution in [0.4, 0.5) is 0 Å². The molecule has 0 saturated heterocycles. The van der Waals surface area contributed by atoms with Crippen LogP contribution in [-0.4, -0.2) is 25.7 Å². The van der Waals surface area contributed by atoms with Gasteiger partial charge < -0.3 is 9.67 Å². The maximum absolute atomic E-state index is 10.1. The summed E-state index contributed by atoms with van der Waals surface area (Å²) in [5, 5.41) is 11.2. The van der Waals surface area contributed by atoms with E-state index in [9.17, 15) is 5.11 Å². The topological polar surface area (TPSA) is 50.9 Å². The molecule has 2 heterocycles. The van der Waals surface area contributed by atoms with E-state index in [0.717, 1.165) is 36.0 Å². The van der Waals surface area contributed by atoms with Gasteiger partial charge in [-0.15, -0.1) is 0 Å². The highest BCUT2D eigenvalue weighted by Gasteiger charge is 2.32. The second-order valence-electron chi connectivity index (χ2n) is 8.16. The molecule has 0 spiro atoms. The van der Waals surface area contributed by atoms with Gasteiger partial charge in [0.2, 0.25) is 0 Å². The van der Waals surface area contributed by atoms with Crippen molar-refractivity contribution in [3.05, 3.63) is 67.1 Å². The third-order valence-electron chi connectivity index (χ3n) is 5.78. The van der Waals surface area contributed by atoms with Crippen LogP contribution >= 0.6 is 0 Å². The molecular weight excluding hydrogens is 322 g/mol. The second-order valence-corrected chi connectivity index (χ2v) is 8.16. The Morgan fingerprint density at radius 3 is 2.62 bits per heavy atom. The number of aromatic nitrogens is 3. The van der Waals surface area contributed by atoms with Crippen molar-refractivity contribution >= 4 is 11.0 Å². The third-order valence-corrected chi connectivity index (χ3v) is 5.78. The minimum absolute atomic E-state index is 0.00731. The van der Waals surface area contributed by atoms with Crippen molar-refractivity contribution in [2.24, 2.45) is 5.92 Å². The molecule has 3 aromatic rings. The third kappa shape index (κ3) is 3.03. The first-order valence-corrected chi connectivity index (χ1v) is 9.33. The van der Waals surface area contributed by atoms with Gasteiger partial charge >= 0.3 is 0 Å². The first kappa shape index (κ1) is 17.2. The summed E-state index contributed by atoms with van der Waals surface area (Å²) in [7, 11) is 0. The van der Waals surface area contributed by atoms with Crippen molar-refractivity contribution < 1.29 is 5.11 Å². The molecule has 1 aliphatic rings. The summed E-state index contributed by atoms with van der Waals surface area (Å²) in [6.45, 7) is 8.58. The molecule has 4 rings (SSSR count). The Labute approximate surface area is 154 Å². The average Bonchev–Trinajstić information content (AvgIpc) is 3.20. The number of benzene rings is 1. The van der Waals surface area contributed by atoms with E-state index in [2.05, 4.69) is 77.9 Å². The van der Waals surface area contributed by atoms with Crippen molar-refractivity contribution in [3.63, 3.8) is 0 Å². The van der Waals surface area contributed by atoms with Crippen molar-refractivity contribution in [1.82, 2.24) is 14.5 Å². The fraction of sp³-hybridized carbons (Fsp3) is 0.409. The Balaban J connectivity index is 1.67.